The summed E-state index contributed by atoms with van der Waals surface area (Å²) in [4.78, 5) is 14.5. The van der Waals surface area contributed by atoms with Gasteiger partial charge in [0.2, 0.25) is 0 Å². The Bertz CT molecular complexity index is 842. The molecule has 2 aromatic carbocycles. The molecular weight excluding hydrogens is 326 g/mol. The normalized spacial score (nSPS) is 10.7. The van der Waals surface area contributed by atoms with Gasteiger partial charge in [-0.25, -0.2) is 4.68 Å². The van der Waals surface area contributed by atoms with Gasteiger partial charge in [-0.1, -0.05) is 53.2 Å². The Morgan fingerprint density at radius 2 is 1.81 bits per heavy atom. The average Bonchev–Trinajstić information content (AvgIpc) is 3.16. The first-order valence-corrected chi connectivity index (χ1v) is 8.70. The van der Waals surface area contributed by atoms with Gasteiger partial charge >= 0.3 is 0 Å². The molecule has 0 aliphatic carbocycles. The van der Waals surface area contributed by atoms with E-state index in [1.165, 1.54) is 11.1 Å². The van der Waals surface area contributed by atoms with Gasteiger partial charge in [-0.05, 0) is 31.0 Å². The van der Waals surface area contributed by atoms with Crippen molar-refractivity contribution >= 4 is 5.91 Å². The summed E-state index contributed by atoms with van der Waals surface area (Å²) in [6, 6.07) is 18.0. The van der Waals surface area contributed by atoms with Crippen molar-refractivity contribution in [3.05, 3.63) is 77.6 Å². The van der Waals surface area contributed by atoms with E-state index in [1.807, 2.05) is 49.4 Å². The van der Waals surface area contributed by atoms with Crippen LogP contribution in [0.15, 0.2) is 60.8 Å². The fourth-order valence-corrected chi connectivity index (χ4v) is 2.73. The molecule has 0 saturated carbocycles. The van der Waals surface area contributed by atoms with Gasteiger partial charge in [-0.15, -0.1) is 5.10 Å². The van der Waals surface area contributed by atoms with E-state index in [0.717, 1.165) is 12.1 Å². The van der Waals surface area contributed by atoms with E-state index in [9.17, 15) is 4.79 Å². The fraction of sp³-hybridized carbons (Fsp3) is 0.250. The zero-order valence-corrected chi connectivity index (χ0v) is 14.9. The van der Waals surface area contributed by atoms with Crippen molar-refractivity contribution in [2.45, 2.75) is 13.3 Å². The monoisotopic (exact) mass is 349 g/mol. The van der Waals surface area contributed by atoms with Crippen LogP contribution < -0.4 is 5.73 Å². The van der Waals surface area contributed by atoms with Crippen LogP contribution in [-0.4, -0.2) is 45.4 Å². The third-order valence-corrected chi connectivity index (χ3v) is 4.21. The number of nitrogens with two attached hydrogens (primary N) is 1. The second kappa shape index (κ2) is 8.40. The number of benzene rings is 2. The quantitative estimate of drug-likeness (QED) is 0.709. The number of carbonyl (C=O) groups excluding carboxylic acids is 1. The second-order valence-electron chi connectivity index (χ2n) is 6.20. The molecular formula is C20H23N5O. The Morgan fingerprint density at radius 3 is 2.50 bits per heavy atom. The maximum Gasteiger partial charge on any atom is 0.276 e. The highest BCUT2D eigenvalue weighted by Crippen LogP contribution is 2.10. The molecule has 6 nitrogen and oxygen atoms in total. The number of aromatic nitrogens is 3. The zero-order chi connectivity index (χ0) is 18.4. The Balaban J connectivity index is 1.71. The van der Waals surface area contributed by atoms with Crippen LogP contribution >= 0.6 is 0 Å². The van der Waals surface area contributed by atoms with Gasteiger partial charge in [0.1, 0.15) is 0 Å². The number of hydrogen-bond donors (Lipinski definition) is 1. The third kappa shape index (κ3) is 4.34. The maximum absolute atomic E-state index is 12.8. The molecule has 0 fully saturated rings. The first-order chi connectivity index (χ1) is 12.7. The first-order valence-electron chi connectivity index (χ1n) is 8.70. The van der Waals surface area contributed by atoms with Gasteiger partial charge in [-0.2, -0.15) is 0 Å². The van der Waals surface area contributed by atoms with E-state index in [0.29, 0.717) is 25.3 Å². The summed E-state index contributed by atoms with van der Waals surface area (Å²) in [6.07, 6.45) is 2.44. The smallest absolute Gasteiger partial charge is 0.276 e. The number of aryl methyl sites for hydroxylation is 1. The fourth-order valence-electron chi connectivity index (χ4n) is 2.73. The van der Waals surface area contributed by atoms with Crippen LogP contribution in [0.25, 0.3) is 5.69 Å². The van der Waals surface area contributed by atoms with Gasteiger partial charge in [0.15, 0.2) is 5.69 Å². The van der Waals surface area contributed by atoms with Crippen molar-refractivity contribution in [2.75, 3.05) is 19.6 Å². The molecule has 0 aliphatic heterocycles. The molecule has 1 amide bonds. The third-order valence-electron chi connectivity index (χ3n) is 4.21. The Hall–Kier alpha value is -2.99. The van der Waals surface area contributed by atoms with Crippen LogP contribution in [0.2, 0.25) is 0 Å². The Morgan fingerprint density at radius 1 is 1.08 bits per heavy atom. The molecule has 1 heterocycles. The molecule has 0 spiro atoms. The minimum Gasteiger partial charge on any atom is -0.336 e. The van der Waals surface area contributed by atoms with E-state index in [1.54, 1.807) is 15.8 Å². The van der Waals surface area contributed by atoms with Crippen molar-refractivity contribution in [3.8, 4) is 5.69 Å². The van der Waals surface area contributed by atoms with E-state index in [2.05, 4.69) is 22.4 Å². The maximum atomic E-state index is 12.8. The molecule has 0 atom stereocenters. The van der Waals surface area contributed by atoms with E-state index in [4.69, 9.17) is 5.73 Å². The predicted molar refractivity (Wildman–Crippen MR) is 101 cm³/mol. The minimum absolute atomic E-state index is 0.148. The molecule has 0 bridgehead atoms. The molecule has 2 N–H and O–H groups in total. The number of rotatable bonds is 7. The molecule has 0 aliphatic rings. The lowest BCUT2D eigenvalue weighted by Gasteiger charge is -2.20. The molecule has 0 radical (unpaired) electrons. The van der Waals surface area contributed by atoms with Crippen molar-refractivity contribution in [3.63, 3.8) is 0 Å². The van der Waals surface area contributed by atoms with E-state index in [-0.39, 0.29) is 5.91 Å². The van der Waals surface area contributed by atoms with Crippen LogP contribution in [0.3, 0.4) is 0 Å². The molecule has 3 rings (SSSR count). The van der Waals surface area contributed by atoms with Crippen molar-refractivity contribution in [1.29, 1.82) is 0 Å². The van der Waals surface area contributed by atoms with E-state index >= 15 is 0 Å². The number of hydrogen-bond acceptors (Lipinski definition) is 4. The highest BCUT2D eigenvalue weighted by atomic mass is 16.2. The first kappa shape index (κ1) is 17.8. The molecule has 6 heteroatoms. The van der Waals surface area contributed by atoms with Gasteiger partial charge in [0.05, 0.1) is 11.9 Å². The standard InChI is InChI=1S/C20H23N5O/c1-16-7-9-18(10-8-16)25-15-19(22-23-25)20(26)24(14-12-21)13-11-17-5-3-2-4-6-17/h2-10,15H,11-14,21H2,1H3. The van der Waals surface area contributed by atoms with Crippen LogP contribution in [0.5, 0.6) is 0 Å². The summed E-state index contributed by atoms with van der Waals surface area (Å²) in [5, 5.41) is 8.14. The topological polar surface area (TPSA) is 77.0 Å². The lowest BCUT2D eigenvalue weighted by Crippen LogP contribution is -2.37. The number of carbonyl (C=O) groups is 1. The van der Waals surface area contributed by atoms with Gasteiger partial charge < -0.3 is 10.6 Å². The van der Waals surface area contributed by atoms with Crippen LogP contribution in [0.1, 0.15) is 21.6 Å². The van der Waals surface area contributed by atoms with Crippen LogP contribution in [0, 0.1) is 6.92 Å². The molecule has 0 unspecified atom stereocenters. The number of nitrogens with zero attached hydrogens (tertiary/aromatic N) is 4. The molecule has 1 aromatic heterocycles. The summed E-state index contributed by atoms with van der Waals surface area (Å²) in [5.41, 5.74) is 9.24. The van der Waals surface area contributed by atoms with Crippen molar-refractivity contribution < 1.29 is 4.79 Å². The van der Waals surface area contributed by atoms with Gasteiger partial charge in [0, 0.05) is 19.6 Å². The highest BCUT2D eigenvalue weighted by molar-refractivity contribution is 5.92. The predicted octanol–water partition coefficient (Wildman–Crippen LogP) is 2.22. The molecule has 26 heavy (non-hydrogen) atoms. The summed E-state index contributed by atoms with van der Waals surface area (Å²) in [6.45, 7) is 3.52. The lowest BCUT2D eigenvalue weighted by atomic mass is 10.1. The van der Waals surface area contributed by atoms with Gasteiger partial charge in [0.25, 0.3) is 5.91 Å². The SMILES string of the molecule is Cc1ccc(-n2cc(C(=O)N(CCN)CCc3ccccc3)nn2)cc1. The average molecular weight is 349 g/mol. The second-order valence-corrected chi connectivity index (χ2v) is 6.20. The summed E-state index contributed by atoms with van der Waals surface area (Å²) in [7, 11) is 0. The molecule has 3 aromatic rings. The highest BCUT2D eigenvalue weighted by Gasteiger charge is 2.19. The summed E-state index contributed by atoms with van der Waals surface area (Å²) >= 11 is 0. The van der Waals surface area contributed by atoms with E-state index < -0.39 is 0 Å². The summed E-state index contributed by atoms with van der Waals surface area (Å²) in [5.74, 6) is -0.148. The number of amides is 1. The van der Waals surface area contributed by atoms with Crippen LogP contribution in [0.4, 0.5) is 0 Å². The Kier molecular flexibility index (Phi) is 5.76. The summed E-state index contributed by atoms with van der Waals surface area (Å²) < 4.78 is 1.62. The van der Waals surface area contributed by atoms with Crippen LogP contribution in [-0.2, 0) is 6.42 Å². The van der Waals surface area contributed by atoms with Gasteiger partial charge in [-0.3, -0.25) is 4.79 Å². The van der Waals surface area contributed by atoms with Crippen molar-refractivity contribution in [2.24, 2.45) is 5.73 Å². The largest absolute Gasteiger partial charge is 0.336 e. The lowest BCUT2D eigenvalue weighted by molar-refractivity contribution is 0.0756. The molecule has 134 valence electrons. The molecule has 0 saturated heterocycles. The zero-order valence-electron chi connectivity index (χ0n) is 14.9. The minimum atomic E-state index is -0.148. The van der Waals surface area contributed by atoms with Crippen molar-refractivity contribution in [1.82, 2.24) is 19.9 Å². The Labute approximate surface area is 153 Å².